The molecule has 0 atom stereocenters. The Morgan fingerprint density at radius 3 is 2.67 bits per heavy atom. The zero-order valence-corrected chi connectivity index (χ0v) is 12.3. The van der Waals surface area contributed by atoms with Gasteiger partial charge in [-0.05, 0) is 18.9 Å². The van der Waals surface area contributed by atoms with Crippen molar-refractivity contribution in [2.24, 2.45) is 5.41 Å². The molecule has 2 rings (SSSR count). The van der Waals surface area contributed by atoms with Crippen molar-refractivity contribution >= 4 is 17.3 Å². The standard InChI is InChI=1S/C14H22N4O3/c1-15-12-6-5-11(18(20)21)13(17-12)16-9-14(10-19)7-3-2-4-8-14/h5-6,19H,2-4,7-10H2,1H3,(H2,15,16,17). The summed E-state index contributed by atoms with van der Waals surface area (Å²) in [5.41, 5.74) is -0.235. The molecule has 1 aliphatic rings. The zero-order valence-electron chi connectivity index (χ0n) is 12.3. The lowest BCUT2D eigenvalue weighted by atomic mass is 9.74. The summed E-state index contributed by atoms with van der Waals surface area (Å²) in [6, 6.07) is 3.01. The smallest absolute Gasteiger partial charge is 0.311 e. The Balaban J connectivity index is 2.15. The van der Waals surface area contributed by atoms with Crippen LogP contribution in [0.4, 0.5) is 17.3 Å². The fourth-order valence-corrected chi connectivity index (χ4v) is 2.83. The van der Waals surface area contributed by atoms with Gasteiger partial charge in [-0.25, -0.2) is 4.98 Å². The number of rotatable bonds is 6. The second-order valence-corrected chi connectivity index (χ2v) is 5.64. The van der Waals surface area contributed by atoms with E-state index in [1.807, 2.05) is 0 Å². The average Bonchev–Trinajstić information content (AvgIpc) is 2.53. The number of hydrogen-bond donors (Lipinski definition) is 3. The molecule has 3 N–H and O–H groups in total. The molecule has 1 fully saturated rings. The van der Waals surface area contributed by atoms with Gasteiger partial charge in [-0.3, -0.25) is 10.1 Å². The highest BCUT2D eigenvalue weighted by molar-refractivity contribution is 5.60. The average molecular weight is 294 g/mol. The molecule has 0 radical (unpaired) electrons. The molecule has 1 saturated carbocycles. The quantitative estimate of drug-likeness (QED) is 0.550. The van der Waals surface area contributed by atoms with Crippen LogP contribution in [0.15, 0.2) is 12.1 Å². The first kappa shape index (κ1) is 15.5. The van der Waals surface area contributed by atoms with Crippen molar-refractivity contribution < 1.29 is 10.0 Å². The minimum absolute atomic E-state index is 0.0436. The monoisotopic (exact) mass is 294 g/mol. The maximum Gasteiger partial charge on any atom is 0.311 e. The molecule has 0 saturated heterocycles. The van der Waals surface area contributed by atoms with Crippen molar-refractivity contribution in [2.75, 3.05) is 30.8 Å². The largest absolute Gasteiger partial charge is 0.396 e. The Labute approximate surface area is 123 Å². The van der Waals surface area contributed by atoms with Crippen LogP contribution in [0.25, 0.3) is 0 Å². The van der Waals surface area contributed by atoms with E-state index in [1.165, 1.54) is 12.5 Å². The van der Waals surface area contributed by atoms with E-state index in [1.54, 1.807) is 13.1 Å². The lowest BCUT2D eigenvalue weighted by Crippen LogP contribution is -2.35. The molecule has 1 heterocycles. The maximum absolute atomic E-state index is 11.1. The van der Waals surface area contributed by atoms with Crippen molar-refractivity contribution in [2.45, 2.75) is 32.1 Å². The highest BCUT2D eigenvalue weighted by Crippen LogP contribution is 2.36. The first-order valence-electron chi connectivity index (χ1n) is 7.28. The van der Waals surface area contributed by atoms with Gasteiger partial charge in [0.15, 0.2) is 0 Å². The van der Waals surface area contributed by atoms with E-state index in [0.717, 1.165) is 25.7 Å². The number of aromatic nitrogens is 1. The molecule has 0 aromatic carbocycles. The molecular weight excluding hydrogens is 272 g/mol. The number of nitrogens with one attached hydrogen (secondary N) is 2. The molecule has 21 heavy (non-hydrogen) atoms. The predicted octanol–water partition coefficient (Wildman–Crippen LogP) is 2.39. The van der Waals surface area contributed by atoms with E-state index in [4.69, 9.17) is 0 Å². The summed E-state index contributed by atoms with van der Waals surface area (Å²) in [5, 5.41) is 26.7. The van der Waals surface area contributed by atoms with E-state index in [9.17, 15) is 15.2 Å². The van der Waals surface area contributed by atoms with E-state index in [2.05, 4.69) is 15.6 Å². The lowest BCUT2D eigenvalue weighted by Gasteiger charge is -2.35. The fourth-order valence-electron chi connectivity index (χ4n) is 2.83. The molecule has 0 amide bonds. The van der Waals surface area contributed by atoms with Crippen molar-refractivity contribution in [3.8, 4) is 0 Å². The second kappa shape index (κ2) is 6.71. The van der Waals surface area contributed by atoms with Gasteiger partial charge >= 0.3 is 5.69 Å². The van der Waals surface area contributed by atoms with E-state index in [0.29, 0.717) is 12.4 Å². The summed E-state index contributed by atoms with van der Waals surface area (Å²) in [6.07, 6.45) is 5.25. The second-order valence-electron chi connectivity index (χ2n) is 5.64. The molecule has 7 heteroatoms. The first-order chi connectivity index (χ1) is 10.1. The van der Waals surface area contributed by atoms with Crippen LogP contribution in [-0.2, 0) is 0 Å². The summed E-state index contributed by atoms with van der Waals surface area (Å²) in [7, 11) is 1.72. The number of anilines is 2. The number of aliphatic hydroxyl groups is 1. The van der Waals surface area contributed by atoms with Gasteiger partial charge in [0, 0.05) is 25.1 Å². The van der Waals surface area contributed by atoms with Crippen molar-refractivity contribution in [3.63, 3.8) is 0 Å². The molecule has 1 aromatic rings. The molecule has 0 unspecified atom stereocenters. The molecule has 7 nitrogen and oxygen atoms in total. The van der Waals surface area contributed by atoms with Gasteiger partial charge in [-0.1, -0.05) is 19.3 Å². The molecule has 0 spiro atoms. The fraction of sp³-hybridized carbons (Fsp3) is 0.643. The highest BCUT2D eigenvalue weighted by Gasteiger charge is 2.32. The third kappa shape index (κ3) is 3.60. The summed E-state index contributed by atoms with van der Waals surface area (Å²) in [6.45, 7) is 0.601. The van der Waals surface area contributed by atoms with Gasteiger partial charge in [0.1, 0.15) is 5.82 Å². The minimum Gasteiger partial charge on any atom is -0.396 e. The first-order valence-corrected chi connectivity index (χ1v) is 7.28. The number of aliphatic hydroxyl groups excluding tert-OH is 1. The van der Waals surface area contributed by atoms with Crippen LogP contribution in [0.5, 0.6) is 0 Å². The number of hydrogen-bond acceptors (Lipinski definition) is 6. The number of pyridine rings is 1. The third-order valence-electron chi connectivity index (χ3n) is 4.21. The summed E-state index contributed by atoms with van der Waals surface area (Å²) < 4.78 is 0. The van der Waals surface area contributed by atoms with Crippen LogP contribution in [0.1, 0.15) is 32.1 Å². The van der Waals surface area contributed by atoms with E-state index < -0.39 is 4.92 Å². The number of nitro groups is 1. The molecule has 0 aliphatic heterocycles. The summed E-state index contributed by atoms with van der Waals surface area (Å²) in [4.78, 5) is 14.9. The normalized spacial score (nSPS) is 17.2. The minimum atomic E-state index is -0.443. The summed E-state index contributed by atoms with van der Waals surface area (Å²) in [5.74, 6) is 0.829. The SMILES string of the molecule is CNc1ccc([N+](=O)[O-])c(NCC2(CO)CCCCC2)n1. The Bertz CT molecular complexity index is 501. The van der Waals surface area contributed by atoms with Crippen LogP contribution in [0.3, 0.4) is 0 Å². The van der Waals surface area contributed by atoms with Crippen LogP contribution in [-0.4, -0.2) is 35.2 Å². The van der Waals surface area contributed by atoms with E-state index >= 15 is 0 Å². The topological polar surface area (TPSA) is 100 Å². The molecule has 116 valence electrons. The molecular formula is C14H22N4O3. The third-order valence-corrected chi connectivity index (χ3v) is 4.21. The van der Waals surface area contributed by atoms with Gasteiger partial charge in [0.25, 0.3) is 0 Å². The van der Waals surface area contributed by atoms with Crippen LogP contribution in [0, 0.1) is 15.5 Å². The van der Waals surface area contributed by atoms with Crippen molar-refractivity contribution in [1.29, 1.82) is 0 Å². The maximum atomic E-state index is 11.1. The van der Waals surface area contributed by atoms with Crippen LogP contribution >= 0.6 is 0 Å². The predicted molar refractivity (Wildman–Crippen MR) is 81.5 cm³/mol. The Morgan fingerprint density at radius 1 is 1.38 bits per heavy atom. The van der Waals surface area contributed by atoms with Gasteiger partial charge in [-0.15, -0.1) is 0 Å². The van der Waals surface area contributed by atoms with Crippen molar-refractivity contribution in [3.05, 3.63) is 22.2 Å². The van der Waals surface area contributed by atoms with Gasteiger partial charge in [-0.2, -0.15) is 0 Å². The zero-order chi connectivity index (χ0) is 15.3. The molecule has 1 aliphatic carbocycles. The molecule has 0 bridgehead atoms. The Kier molecular flexibility index (Phi) is 4.95. The van der Waals surface area contributed by atoms with Gasteiger partial charge in [0.2, 0.25) is 5.82 Å². The van der Waals surface area contributed by atoms with Gasteiger partial charge in [0.05, 0.1) is 11.5 Å². The van der Waals surface area contributed by atoms with Crippen molar-refractivity contribution in [1.82, 2.24) is 4.98 Å². The highest BCUT2D eigenvalue weighted by atomic mass is 16.6. The van der Waals surface area contributed by atoms with Gasteiger partial charge < -0.3 is 15.7 Å². The van der Waals surface area contributed by atoms with E-state index in [-0.39, 0.29) is 23.5 Å². The lowest BCUT2D eigenvalue weighted by molar-refractivity contribution is -0.384. The number of nitrogens with zero attached hydrogens (tertiary/aromatic N) is 2. The Morgan fingerprint density at radius 2 is 2.10 bits per heavy atom. The Hall–Kier alpha value is -1.89. The summed E-state index contributed by atoms with van der Waals surface area (Å²) >= 11 is 0. The van der Waals surface area contributed by atoms with Crippen LogP contribution in [0.2, 0.25) is 0 Å². The van der Waals surface area contributed by atoms with Crippen LogP contribution < -0.4 is 10.6 Å². The molecule has 1 aromatic heterocycles.